The van der Waals surface area contributed by atoms with Gasteiger partial charge in [-0.1, -0.05) is 6.92 Å². The van der Waals surface area contributed by atoms with Gasteiger partial charge in [0.25, 0.3) is 0 Å². The van der Waals surface area contributed by atoms with Crippen LogP contribution in [-0.2, 0) is 19.5 Å². The second kappa shape index (κ2) is 4.78. The van der Waals surface area contributed by atoms with Crippen LogP contribution in [0.2, 0.25) is 0 Å². The lowest BCUT2D eigenvalue weighted by atomic mass is 10.1. The van der Waals surface area contributed by atoms with E-state index in [1.807, 2.05) is 17.6 Å². The molecule has 4 heteroatoms. The van der Waals surface area contributed by atoms with Crippen molar-refractivity contribution in [3.63, 3.8) is 0 Å². The highest BCUT2D eigenvalue weighted by Gasteiger charge is 2.22. The van der Waals surface area contributed by atoms with Crippen LogP contribution in [0.15, 0.2) is 12.1 Å². The first-order chi connectivity index (χ1) is 9.26. The molecule has 0 amide bonds. The van der Waals surface area contributed by atoms with Crippen LogP contribution < -0.4 is 10.1 Å². The first-order valence-corrected chi connectivity index (χ1v) is 6.96. The van der Waals surface area contributed by atoms with Gasteiger partial charge in [-0.2, -0.15) is 0 Å². The summed E-state index contributed by atoms with van der Waals surface area (Å²) in [6, 6.07) is 4.22. The molecule has 1 aromatic heterocycles. The number of aromatic nitrogens is 1. The molecule has 2 aromatic rings. The molecule has 0 aliphatic carbocycles. The molecular weight excluding hydrogens is 240 g/mol. The van der Waals surface area contributed by atoms with Gasteiger partial charge in [-0.05, 0) is 31.0 Å². The van der Waals surface area contributed by atoms with E-state index in [1.54, 1.807) is 0 Å². The molecule has 1 aliphatic rings. The Kier molecular flexibility index (Phi) is 3.11. The normalized spacial score (nSPS) is 14.6. The van der Waals surface area contributed by atoms with Gasteiger partial charge >= 0.3 is 0 Å². The number of aryl methyl sites for hydroxylation is 1. The van der Waals surface area contributed by atoms with Crippen LogP contribution >= 0.6 is 0 Å². The highest BCUT2D eigenvalue weighted by molar-refractivity contribution is 5.96. The number of hydrogen-bond acceptors (Lipinski definition) is 3. The zero-order chi connectivity index (χ0) is 13.4. The molecule has 0 radical (unpaired) electrons. The van der Waals surface area contributed by atoms with Gasteiger partial charge < -0.3 is 19.7 Å². The predicted molar refractivity (Wildman–Crippen MR) is 75.9 cm³/mol. The van der Waals surface area contributed by atoms with Crippen LogP contribution in [0.1, 0.15) is 25.1 Å². The van der Waals surface area contributed by atoms with E-state index in [0.29, 0.717) is 12.5 Å². The van der Waals surface area contributed by atoms with Crippen molar-refractivity contribution in [3.05, 3.63) is 23.4 Å². The number of rotatable bonds is 3. The highest BCUT2D eigenvalue weighted by atomic mass is 16.5. The maximum atomic E-state index is 10.5. The van der Waals surface area contributed by atoms with E-state index in [1.165, 1.54) is 5.56 Å². The van der Waals surface area contributed by atoms with Crippen molar-refractivity contribution in [3.8, 4) is 11.6 Å². The summed E-state index contributed by atoms with van der Waals surface area (Å²) < 4.78 is 7.73. The summed E-state index contributed by atoms with van der Waals surface area (Å²) in [5.41, 5.74) is 2.41. The molecule has 4 nitrogen and oxygen atoms in total. The Morgan fingerprint density at radius 2 is 2.21 bits per heavy atom. The van der Waals surface area contributed by atoms with Crippen molar-refractivity contribution < 1.29 is 9.84 Å². The van der Waals surface area contributed by atoms with Crippen molar-refractivity contribution in [2.75, 3.05) is 13.2 Å². The Morgan fingerprint density at radius 1 is 1.37 bits per heavy atom. The third-order valence-electron chi connectivity index (χ3n) is 3.79. The van der Waals surface area contributed by atoms with Gasteiger partial charge in [-0.3, -0.25) is 0 Å². The number of nitrogens with zero attached hydrogens (tertiary/aromatic N) is 1. The van der Waals surface area contributed by atoms with E-state index in [9.17, 15) is 5.11 Å². The molecule has 0 unspecified atom stereocenters. The van der Waals surface area contributed by atoms with E-state index in [0.717, 1.165) is 48.3 Å². The van der Waals surface area contributed by atoms with Crippen molar-refractivity contribution in [1.29, 1.82) is 0 Å². The standard InChI is InChI=1S/C15H20N2O2/c1-3-10-7-11-12-9-16-5-6-17(12)15(18)14(11)13(8-10)19-4-2/h7-8,16,18H,3-6,9H2,1-2H3. The fourth-order valence-electron chi connectivity index (χ4n) is 2.84. The van der Waals surface area contributed by atoms with Gasteiger partial charge in [0.2, 0.25) is 5.88 Å². The lowest BCUT2D eigenvalue weighted by molar-refractivity contribution is 0.341. The van der Waals surface area contributed by atoms with Gasteiger partial charge in [0.05, 0.1) is 12.0 Å². The smallest absolute Gasteiger partial charge is 0.203 e. The molecular formula is C15H20N2O2. The van der Waals surface area contributed by atoms with Crippen LogP contribution in [-0.4, -0.2) is 22.8 Å². The van der Waals surface area contributed by atoms with Crippen molar-refractivity contribution in [2.24, 2.45) is 0 Å². The molecule has 0 spiro atoms. The maximum Gasteiger partial charge on any atom is 0.203 e. The fourth-order valence-corrected chi connectivity index (χ4v) is 2.84. The van der Waals surface area contributed by atoms with E-state index in [2.05, 4.69) is 18.3 Å². The molecule has 2 N–H and O–H groups in total. The van der Waals surface area contributed by atoms with Crippen molar-refractivity contribution in [2.45, 2.75) is 33.4 Å². The first-order valence-electron chi connectivity index (χ1n) is 6.96. The minimum Gasteiger partial charge on any atom is -0.494 e. The molecule has 0 atom stereocenters. The first kappa shape index (κ1) is 12.4. The van der Waals surface area contributed by atoms with Crippen molar-refractivity contribution >= 4 is 10.8 Å². The molecule has 0 saturated heterocycles. The van der Waals surface area contributed by atoms with Crippen LogP contribution in [0.25, 0.3) is 10.8 Å². The minimum absolute atomic E-state index is 0.345. The van der Waals surface area contributed by atoms with E-state index >= 15 is 0 Å². The second-order valence-corrected chi connectivity index (χ2v) is 4.90. The SMILES string of the molecule is CCOc1cc(CC)cc2c3n(c(O)c12)CCNC3. The Labute approximate surface area is 113 Å². The lowest BCUT2D eigenvalue weighted by Gasteiger charge is -2.17. The summed E-state index contributed by atoms with van der Waals surface area (Å²) in [6.07, 6.45) is 0.967. The van der Waals surface area contributed by atoms with Gasteiger partial charge in [-0.15, -0.1) is 0 Å². The molecule has 3 rings (SSSR count). The molecule has 2 heterocycles. The van der Waals surface area contributed by atoms with Crippen LogP contribution in [0, 0.1) is 0 Å². The third-order valence-corrected chi connectivity index (χ3v) is 3.79. The van der Waals surface area contributed by atoms with Crippen LogP contribution in [0.3, 0.4) is 0 Å². The summed E-state index contributed by atoms with van der Waals surface area (Å²) >= 11 is 0. The van der Waals surface area contributed by atoms with Gasteiger partial charge in [0.1, 0.15) is 5.75 Å². The third kappa shape index (κ3) is 1.87. The Morgan fingerprint density at radius 3 is 2.95 bits per heavy atom. The number of nitrogens with one attached hydrogen (secondary N) is 1. The summed E-state index contributed by atoms with van der Waals surface area (Å²) in [6.45, 7) is 7.22. The summed E-state index contributed by atoms with van der Waals surface area (Å²) in [7, 11) is 0. The summed E-state index contributed by atoms with van der Waals surface area (Å²) in [5.74, 6) is 1.15. The Bertz CT molecular complexity index is 616. The fraction of sp³-hybridized carbons (Fsp3) is 0.467. The number of hydrogen-bond donors (Lipinski definition) is 2. The summed E-state index contributed by atoms with van der Waals surface area (Å²) in [5, 5.41) is 15.8. The van der Waals surface area contributed by atoms with E-state index < -0.39 is 0 Å². The molecule has 0 saturated carbocycles. The molecule has 1 aliphatic heterocycles. The van der Waals surface area contributed by atoms with Gasteiger partial charge in [0.15, 0.2) is 0 Å². The molecule has 0 bridgehead atoms. The number of aromatic hydroxyl groups is 1. The number of benzene rings is 1. The number of fused-ring (bicyclic) bond motifs is 3. The Balaban J connectivity index is 2.31. The zero-order valence-corrected chi connectivity index (χ0v) is 11.5. The van der Waals surface area contributed by atoms with Crippen LogP contribution in [0.4, 0.5) is 0 Å². The van der Waals surface area contributed by atoms with Crippen LogP contribution in [0.5, 0.6) is 11.6 Å². The lowest BCUT2D eigenvalue weighted by Crippen LogP contribution is -2.27. The quantitative estimate of drug-likeness (QED) is 0.891. The molecule has 0 fully saturated rings. The average molecular weight is 260 g/mol. The molecule has 19 heavy (non-hydrogen) atoms. The second-order valence-electron chi connectivity index (χ2n) is 4.90. The predicted octanol–water partition coefficient (Wildman–Crippen LogP) is 2.41. The van der Waals surface area contributed by atoms with Gasteiger partial charge in [-0.25, -0.2) is 0 Å². The minimum atomic E-state index is 0.345. The van der Waals surface area contributed by atoms with Crippen molar-refractivity contribution in [1.82, 2.24) is 9.88 Å². The topological polar surface area (TPSA) is 46.4 Å². The van der Waals surface area contributed by atoms with E-state index in [4.69, 9.17) is 4.74 Å². The Hall–Kier alpha value is -1.68. The average Bonchev–Trinajstić information content (AvgIpc) is 2.73. The molecule has 102 valence electrons. The number of ether oxygens (including phenoxy) is 1. The monoisotopic (exact) mass is 260 g/mol. The van der Waals surface area contributed by atoms with E-state index in [-0.39, 0.29) is 0 Å². The summed E-state index contributed by atoms with van der Waals surface area (Å²) in [4.78, 5) is 0. The largest absolute Gasteiger partial charge is 0.494 e. The van der Waals surface area contributed by atoms with Gasteiger partial charge in [0, 0.05) is 30.7 Å². The maximum absolute atomic E-state index is 10.5. The highest BCUT2D eigenvalue weighted by Crippen LogP contribution is 2.40. The molecule has 1 aromatic carbocycles. The zero-order valence-electron chi connectivity index (χ0n) is 11.5.